The molecular formula is C12H17N3. The Hall–Kier alpha value is -1.38. The maximum absolute atomic E-state index is 4.33. The maximum Gasteiger partial charge on any atom is 0.0896 e. The summed E-state index contributed by atoms with van der Waals surface area (Å²) in [5, 5.41) is 9.86. The van der Waals surface area contributed by atoms with Gasteiger partial charge in [0.1, 0.15) is 0 Å². The molecule has 2 heterocycles. The second-order valence-electron chi connectivity index (χ2n) is 4.55. The van der Waals surface area contributed by atoms with Crippen molar-refractivity contribution in [2.24, 2.45) is 0 Å². The summed E-state index contributed by atoms with van der Waals surface area (Å²) < 4.78 is 0. The van der Waals surface area contributed by atoms with Crippen LogP contribution in [0.1, 0.15) is 50.9 Å². The molecule has 0 atom stereocenters. The number of fused-ring (bicyclic) bond motifs is 1. The van der Waals surface area contributed by atoms with Gasteiger partial charge in [-0.2, -0.15) is 10.2 Å². The van der Waals surface area contributed by atoms with Crippen LogP contribution in [0.2, 0.25) is 0 Å². The Morgan fingerprint density at radius 2 is 1.60 bits per heavy atom. The van der Waals surface area contributed by atoms with Gasteiger partial charge in [0.25, 0.3) is 0 Å². The highest BCUT2D eigenvalue weighted by Crippen LogP contribution is 2.26. The predicted octanol–water partition coefficient (Wildman–Crippen LogP) is 3.20. The number of H-pyrrole nitrogens is 1. The van der Waals surface area contributed by atoms with E-state index in [1.165, 1.54) is 5.39 Å². The number of nitrogens with one attached hydrogen (secondary N) is 1. The molecule has 0 radical (unpaired) electrons. The Morgan fingerprint density at radius 3 is 2.20 bits per heavy atom. The van der Waals surface area contributed by atoms with Crippen LogP contribution in [-0.2, 0) is 0 Å². The zero-order valence-electron chi connectivity index (χ0n) is 9.70. The Kier molecular flexibility index (Phi) is 2.47. The lowest BCUT2D eigenvalue weighted by Crippen LogP contribution is -2.02. The molecule has 0 saturated carbocycles. The molecule has 0 unspecified atom stereocenters. The first-order chi connectivity index (χ1) is 7.11. The normalized spacial score (nSPS) is 11.9. The number of aromatic nitrogens is 3. The van der Waals surface area contributed by atoms with Crippen molar-refractivity contribution in [1.29, 1.82) is 0 Å². The van der Waals surface area contributed by atoms with E-state index >= 15 is 0 Å². The van der Waals surface area contributed by atoms with Crippen molar-refractivity contribution >= 4 is 10.9 Å². The summed E-state index contributed by atoms with van der Waals surface area (Å²) in [6.45, 7) is 8.57. The van der Waals surface area contributed by atoms with E-state index in [-0.39, 0.29) is 0 Å². The second kappa shape index (κ2) is 3.65. The number of aromatic amines is 1. The van der Waals surface area contributed by atoms with Gasteiger partial charge in [-0.1, -0.05) is 27.7 Å². The van der Waals surface area contributed by atoms with E-state index < -0.39 is 0 Å². The van der Waals surface area contributed by atoms with Gasteiger partial charge in [-0.25, -0.2) is 0 Å². The molecule has 0 spiro atoms. The standard InChI is InChI=1S/C12H17N3/c1-7(2)10-9-5-6-13-12(9)11(8(3)4)15-14-10/h5-8,13H,1-4H3. The summed E-state index contributed by atoms with van der Waals surface area (Å²) in [7, 11) is 0. The lowest BCUT2D eigenvalue weighted by atomic mass is 10.0. The topological polar surface area (TPSA) is 41.6 Å². The van der Waals surface area contributed by atoms with E-state index in [1.54, 1.807) is 0 Å². The lowest BCUT2D eigenvalue weighted by Gasteiger charge is -2.09. The number of hydrogen-bond donors (Lipinski definition) is 1. The van der Waals surface area contributed by atoms with Crippen molar-refractivity contribution in [3.8, 4) is 0 Å². The molecule has 0 fully saturated rings. The van der Waals surface area contributed by atoms with E-state index in [1.807, 2.05) is 6.20 Å². The average Bonchev–Trinajstić information content (AvgIpc) is 2.63. The largest absolute Gasteiger partial charge is 0.360 e. The molecule has 2 aromatic heterocycles. The fourth-order valence-corrected chi connectivity index (χ4v) is 1.84. The van der Waals surface area contributed by atoms with Gasteiger partial charge in [-0.05, 0) is 17.9 Å². The van der Waals surface area contributed by atoms with Gasteiger partial charge in [0.2, 0.25) is 0 Å². The van der Waals surface area contributed by atoms with Gasteiger partial charge in [0.05, 0.1) is 16.9 Å². The first-order valence-electron chi connectivity index (χ1n) is 5.44. The zero-order chi connectivity index (χ0) is 11.0. The molecule has 0 aromatic carbocycles. The van der Waals surface area contributed by atoms with Crippen molar-refractivity contribution in [3.05, 3.63) is 23.7 Å². The van der Waals surface area contributed by atoms with Gasteiger partial charge in [0, 0.05) is 11.6 Å². The third-order valence-electron chi connectivity index (χ3n) is 2.64. The third kappa shape index (κ3) is 1.62. The highest BCUT2D eigenvalue weighted by molar-refractivity contribution is 5.84. The van der Waals surface area contributed by atoms with Crippen molar-refractivity contribution in [3.63, 3.8) is 0 Å². The zero-order valence-corrected chi connectivity index (χ0v) is 9.70. The fourth-order valence-electron chi connectivity index (χ4n) is 1.84. The summed E-state index contributed by atoms with van der Waals surface area (Å²) >= 11 is 0. The molecule has 0 aliphatic heterocycles. The minimum absolute atomic E-state index is 0.403. The van der Waals surface area contributed by atoms with Gasteiger partial charge >= 0.3 is 0 Å². The summed E-state index contributed by atoms with van der Waals surface area (Å²) in [4.78, 5) is 3.26. The quantitative estimate of drug-likeness (QED) is 0.814. The number of nitrogens with zero attached hydrogens (tertiary/aromatic N) is 2. The smallest absolute Gasteiger partial charge is 0.0896 e. The van der Waals surface area contributed by atoms with E-state index in [0.717, 1.165) is 16.9 Å². The van der Waals surface area contributed by atoms with E-state index in [2.05, 4.69) is 48.9 Å². The van der Waals surface area contributed by atoms with Crippen LogP contribution in [0.15, 0.2) is 12.3 Å². The van der Waals surface area contributed by atoms with Crippen molar-refractivity contribution in [1.82, 2.24) is 15.2 Å². The van der Waals surface area contributed by atoms with E-state index in [9.17, 15) is 0 Å². The van der Waals surface area contributed by atoms with Gasteiger partial charge in [0.15, 0.2) is 0 Å². The molecule has 2 rings (SSSR count). The molecule has 0 aliphatic carbocycles. The Balaban J connectivity index is 2.71. The van der Waals surface area contributed by atoms with Crippen LogP contribution in [0.4, 0.5) is 0 Å². The van der Waals surface area contributed by atoms with Gasteiger partial charge in [-0.3, -0.25) is 0 Å². The first kappa shape index (κ1) is 10.1. The lowest BCUT2D eigenvalue weighted by molar-refractivity contribution is 0.749. The Morgan fingerprint density at radius 1 is 1.00 bits per heavy atom. The summed E-state index contributed by atoms with van der Waals surface area (Å²) in [6, 6.07) is 2.09. The van der Waals surface area contributed by atoms with Crippen LogP contribution >= 0.6 is 0 Å². The van der Waals surface area contributed by atoms with Crippen molar-refractivity contribution in [2.75, 3.05) is 0 Å². The maximum atomic E-state index is 4.33. The molecule has 0 saturated heterocycles. The van der Waals surface area contributed by atoms with E-state index in [0.29, 0.717) is 11.8 Å². The van der Waals surface area contributed by atoms with Gasteiger partial charge in [-0.15, -0.1) is 0 Å². The van der Waals surface area contributed by atoms with Crippen LogP contribution in [-0.4, -0.2) is 15.2 Å². The molecule has 0 aliphatic rings. The Labute approximate surface area is 89.9 Å². The minimum atomic E-state index is 0.403. The molecular weight excluding hydrogens is 186 g/mol. The molecule has 3 nitrogen and oxygen atoms in total. The molecule has 2 aromatic rings. The molecule has 0 amide bonds. The molecule has 15 heavy (non-hydrogen) atoms. The highest BCUT2D eigenvalue weighted by Gasteiger charge is 2.14. The third-order valence-corrected chi connectivity index (χ3v) is 2.64. The fraction of sp³-hybridized carbons (Fsp3) is 0.500. The summed E-state index contributed by atoms with van der Waals surface area (Å²) in [6.07, 6.45) is 1.96. The van der Waals surface area contributed by atoms with Crippen LogP contribution in [0.3, 0.4) is 0 Å². The second-order valence-corrected chi connectivity index (χ2v) is 4.55. The number of hydrogen-bond acceptors (Lipinski definition) is 2. The molecule has 0 bridgehead atoms. The average molecular weight is 203 g/mol. The van der Waals surface area contributed by atoms with Crippen molar-refractivity contribution < 1.29 is 0 Å². The summed E-state index contributed by atoms with van der Waals surface area (Å²) in [5.74, 6) is 0.817. The van der Waals surface area contributed by atoms with Crippen molar-refractivity contribution in [2.45, 2.75) is 39.5 Å². The molecule has 3 heteroatoms. The predicted molar refractivity (Wildman–Crippen MR) is 62.1 cm³/mol. The SMILES string of the molecule is CC(C)c1nnc(C(C)C)c2[nH]ccc12. The Bertz CT molecular complexity index is 427. The monoisotopic (exact) mass is 203 g/mol. The molecule has 80 valence electrons. The highest BCUT2D eigenvalue weighted by atomic mass is 15.1. The van der Waals surface area contributed by atoms with Gasteiger partial charge < -0.3 is 4.98 Å². The van der Waals surface area contributed by atoms with Crippen LogP contribution in [0.25, 0.3) is 10.9 Å². The first-order valence-corrected chi connectivity index (χ1v) is 5.44. The molecule has 1 N–H and O–H groups in total. The number of rotatable bonds is 2. The van der Waals surface area contributed by atoms with Crippen LogP contribution < -0.4 is 0 Å². The minimum Gasteiger partial charge on any atom is -0.360 e. The van der Waals surface area contributed by atoms with Crippen LogP contribution in [0, 0.1) is 0 Å². The summed E-state index contributed by atoms with van der Waals surface area (Å²) in [5.41, 5.74) is 3.28. The van der Waals surface area contributed by atoms with Crippen LogP contribution in [0.5, 0.6) is 0 Å². The van der Waals surface area contributed by atoms with E-state index in [4.69, 9.17) is 0 Å².